The average Bonchev–Trinajstić information content (AvgIpc) is 2.66. The number of nitrogens with zero attached hydrogens (tertiary/aromatic N) is 3. The van der Waals surface area contributed by atoms with Crippen LogP contribution in [0.5, 0.6) is 0 Å². The van der Waals surface area contributed by atoms with E-state index >= 15 is 0 Å². The minimum absolute atomic E-state index is 0.0226. The first-order chi connectivity index (χ1) is 12.6. The van der Waals surface area contributed by atoms with Crippen molar-refractivity contribution < 1.29 is 14.3 Å². The van der Waals surface area contributed by atoms with Gasteiger partial charge in [0.05, 0.1) is 0 Å². The van der Waals surface area contributed by atoms with E-state index < -0.39 is 0 Å². The fraction of sp³-hybridized carbons (Fsp3) is 0.650. The van der Waals surface area contributed by atoms with Crippen LogP contribution in [0.15, 0.2) is 24.5 Å². The molecule has 1 spiro atoms. The molecule has 142 valence electrons. The minimum atomic E-state index is 0.0226. The Kier molecular flexibility index (Phi) is 6.25. The molecule has 3 rings (SSSR count). The molecule has 3 heterocycles. The summed E-state index contributed by atoms with van der Waals surface area (Å²) in [6, 6.07) is 3.90. The first-order valence-electron chi connectivity index (χ1n) is 9.64. The number of hydrogen-bond donors (Lipinski definition) is 0. The van der Waals surface area contributed by atoms with Crippen LogP contribution in [0.25, 0.3) is 0 Å². The number of piperidine rings is 2. The van der Waals surface area contributed by atoms with Gasteiger partial charge in [-0.25, -0.2) is 0 Å². The Hall–Kier alpha value is -1.95. The van der Waals surface area contributed by atoms with Crippen molar-refractivity contribution in [2.24, 2.45) is 5.41 Å². The Morgan fingerprint density at radius 3 is 3.00 bits per heavy atom. The maximum absolute atomic E-state index is 12.4. The molecule has 1 aromatic heterocycles. The Morgan fingerprint density at radius 1 is 1.35 bits per heavy atom. The predicted octanol–water partition coefficient (Wildman–Crippen LogP) is 2.24. The Labute approximate surface area is 155 Å². The van der Waals surface area contributed by atoms with E-state index in [0.717, 1.165) is 50.9 Å². The van der Waals surface area contributed by atoms with E-state index in [0.29, 0.717) is 19.6 Å². The van der Waals surface area contributed by atoms with Crippen LogP contribution in [0.4, 0.5) is 0 Å². The van der Waals surface area contributed by atoms with Crippen molar-refractivity contribution in [1.82, 2.24) is 14.8 Å². The molecular formula is C20H29N3O3. The van der Waals surface area contributed by atoms with Gasteiger partial charge in [0.2, 0.25) is 11.8 Å². The summed E-state index contributed by atoms with van der Waals surface area (Å²) in [5.41, 5.74) is 1.07. The molecule has 0 bridgehead atoms. The number of amides is 2. The number of rotatable bonds is 6. The molecule has 2 saturated heterocycles. The van der Waals surface area contributed by atoms with Crippen LogP contribution in [-0.2, 0) is 20.9 Å². The molecule has 0 radical (unpaired) electrons. The Balaban J connectivity index is 1.62. The third-order valence-electron chi connectivity index (χ3n) is 5.43. The third kappa shape index (κ3) is 4.61. The standard InChI is InChI=1S/C20H29N3O3/c1-2-11-26-14-19(25)22-10-4-7-20(15-22)8-6-18(24)23(16-20)13-17-5-3-9-21-12-17/h3,5,9,12H,2,4,6-8,10-11,13-16H2,1H3/t20-/m1/s1. The van der Waals surface area contributed by atoms with E-state index in [2.05, 4.69) is 4.98 Å². The first kappa shape index (κ1) is 18.8. The highest BCUT2D eigenvalue weighted by Gasteiger charge is 2.42. The van der Waals surface area contributed by atoms with Gasteiger partial charge in [0.25, 0.3) is 0 Å². The van der Waals surface area contributed by atoms with Gasteiger partial charge in [-0.15, -0.1) is 0 Å². The number of likely N-dealkylation sites (tertiary alicyclic amines) is 2. The second-order valence-corrected chi connectivity index (χ2v) is 7.58. The molecule has 0 aliphatic carbocycles. The topological polar surface area (TPSA) is 62.7 Å². The monoisotopic (exact) mass is 359 g/mol. The molecule has 1 aromatic rings. The Morgan fingerprint density at radius 2 is 2.23 bits per heavy atom. The van der Waals surface area contributed by atoms with Gasteiger partial charge in [-0.05, 0) is 37.3 Å². The molecule has 2 amide bonds. The molecule has 0 unspecified atom stereocenters. The smallest absolute Gasteiger partial charge is 0.248 e. The summed E-state index contributed by atoms with van der Waals surface area (Å²) >= 11 is 0. The molecule has 0 saturated carbocycles. The molecule has 6 heteroatoms. The number of carbonyl (C=O) groups excluding carboxylic acids is 2. The molecule has 0 N–H and O–H groups in total. The normalized spacial score (nSPS) is 23.5. The predicted molar refractivity (Wildman–Crippen MR) is 98.2 cm³/mol. The highest BCUT2D eigenvalue weighted by Crippen LogP contribution is 2.39. The first-order valence-corrected chi connectivity index (χ1v) is 9.64. The van der Waals surface area contributed by atoms with Crippen LogP contribution in [0.3, 0.4) is 0 Å². The van der Waals surface area contributed by atoms with E-state index in [4.69, 9.17) is 4.74 Å². The summed E-state index contributed by atoms with van der Waals surface area (Å²) in [6.45, 7) is 5.68. The molecule has 2 aliphatic rings. The lowest BCUT2D eigenvalue weighted by Gasteiger charge is -2.48. The van der Waals surface area contributed by atoms with Gasteiger partial charge in [-0.2, -0.15) is 0 Å². The molecule has 26 heavy (non-hydrogen) atoms. The average molecular weight is 359 g/mol. The van der Waals surface area contributed by atoms with E-state index in [1.54, 1.807) is 6.20 Å². The highest BCUT2D eigenvalue weighted by molar-refractivity contribution is 5.78. The third-order valence-corrected chi connectivity index (χ3v) is 5.43. The van der Waals surface area contributed by atoms with Crippen molar-refractivity contribution in [2.45, 2.75) is 45.6 Å². The summed E-state index contributed by atoms with van der Waals surface area (Å²) in [5, 5.41) is 0. The highest BCUT2D eigenvalue weighted by atomic mass is 16.5. The lowest BCUT2D eigenvalue weighted by molar-refractivity contribution is -0.145. The van der Waals surface area contributed by atoms with Crippen LogP contribution in [0.1, 0.15) is 44.6 Å². The van der Waals surface area contributed by atoms with Crippen LogP contribution in [-0.4, -0.2) is 59.4 Å². The van der Waals surface area contributed by atoms with E-state index in [1.807, 2.05) is 35.1 Å². The summed E-state index contributed by atoms with van der Waals surface area (Å²) in [5.74, 6) is 0.280. The molecule has 6 nitrogen and oxygen atoms in total. The maximum Gasteiger partial charge on any atom is 0.248 e. The summed E-state index contributed by atoms with van der Waals surface area (Å²) < 4.78 is 5.43. The van der Waals surface area contributed by atoms with E-state index in [-0.39, 0.29) is 23.8 Å². The SMILES string of the molecule is CCCOCC(=O)N1CCC[C@@]2(CCC(=O)N(Cc3cccnc3)C2)C1. The van der Waals surface area contributed by atoms with Crippen molar-refractivity contribution in [3.63, 3.8) is 0 Å². The molecule has 0 aromatic carbocycles. The fourth-order valence-corrected chi connectivity index (χ4v) is 4.11. The molecule has 2 fully saturated rings. The summed E-state index contributed by atoms with van der Waals surface area (Å²) in [6.07, 6.45) is 7.98. The van der Waals surface area contributed by atoms with Crippen LogP contribution < -0.4 is 0 Å². The largest absolute Gasteiger partial charge is 0.372 e. The van der Waals surface area contributed by atoms with Gasteiger partial charge in [0.15, 0.2) is 0 Å². The number of carbonyl (C=O) groups is 2. The lowest BCUT2D eigenvalue weighted by atomic mass is 9.73. The zero-order valence-corrected chi connectivity index (χ0v) is 15.7. The second kappa shape index (κ2) is 8.62. The number of ether oxygens (including phenoxy) is 1. The molecule has 2 aliphatic heterocycles. The molecular weight excluding hydrogens is 330 g/mol. The van der Waals surface area contributed by atoms with Gasteiger partial charge in [0.1, 0.15) is 6.61 Å². The zero-order valence-electron chi connectivity index (χ0n) is 15.7. The quantitative estimate of drug-likeness (QED) is 0.731. The van der Waals surface area contributed by atoms with Crippen molar-refractivity contribution in [3.05, 3.63) is 30.1 Å². The maximum atomic E-state index is 12.4. The fourth-order valence-electron chi connectivity index (χ4n) is 4.11. The minimum Gasteiger partial charge on any atom is -0.372 e. The Bertz CT molecular complexity index is 622. The van der Waals surface area contributed by atoms with Crippen molar-refractivity contribution in [2.75, 3.05) is 32.8 Å². The van der Waals surface area contributed by atoms with Gasteiger partial charge < -0.3 is 14.5 Å². The zero-order chi connectivity index (χ0) is 18.4. The molecule has 1 atom stereocenters. The van der Waals surface area contributed by atoms with Gasteiger partial charge in [-0.3, -0.25) is 14.6 Å². The van der Waals surface area contributed by atoms with Crippen molar-refractivity contribution >= 4 is 11.8 Å². The number of pyridine rings is 1. The second-order valence-electron chi connectivity index (χ2n) is 7.58. The number of hydrogen-bond acceptors (Lipinski definition) is 4. The van der Waals surface area contributed by atoms with Crippen LogP contribution in [0, 0.1) is 5.41 Å². The van der Waals surface area contributed by atoms with Gasteiger partial charge in [0, 0.05) is 57.0 Å². The van der Waals surface area contributed by atoms with Crippen LogP contribution in [0.2, 0.25) is 0 Å². The summed E-state index contributed by atoms with van der Waals surface area (Å²) in [4.78, 5) is 32.9. The van der Waals surface area contributed by atoms with Gasteiger partial charge in [-0.1, -0.05) is 13.0 Å². The van der Waals surface area contributed by atoms with Gasteiger partial charge >= 0.3 is 0 Å². The van der Waals surface area contributed by atoms with E-state index in [1.165, 1.54) is 0 Å². The van der Waals surface area contributed by atoms with Crippen molar-refractivity contribution in [3.8, 4) is 0 Å². The van der Waals surface area contributed by atoms with Crippen LogP contribution >= 0.6 is 0 Å². The van der Waals surface area contributed by atoms with E-state index in [9.17, 15) is 9.59 Å². The van der Waals surface area contributed by atoms with Crippen molar-refractivity contribution in [1.29, 1.82) is 0 Å². The lowest BCUT2D eigenvalue weighted by Crippen LogP contribution is -2.55. The summed E-state index contributed by atoms with van der Waals surface area (Å²) in [7, 11) is 0. The number of aromatic nitrogens is 1.